The molecule has 1 rings (SSSR count). The molecule has 1 fully saturated rings. The molecule has 2 N–H and O–H groups in total. The first-order valence-electron chi connectivity index (χ1n) is 5.53. The molecule has 1 aliphatic carbocycles. The minimum atomic E-state index is -0.318. The van der Waals surface area contributed by atoms with E-state index in [1.807, 2.05) is 0 Å². The van der Waals surface area contributed by atoms with Crippen molar-refractivity contribution in [3.8, 4) is 6.07 Å². The number of rotatable bonds is 5. The number of thioether (sulfide) groups is 1. The molecule has 0 bridgehead atoms. The molecule has 0 amide bonds. The Balaban J connectivity index is 2.46. The summed E-state index contributed by atoms with van der Waals surface area (Å²) in [6, 6.07) is 2.78. The Labute approximate surface area is 96.2 Å². The fraction of sp³-hybridized carbons (Fsp3) is 0.909. The van der Waals surface area contributed by atoms with Crippen molar-refractivity contribution in [2.24, 2.45) is 0 Å². The highest BCUT2D eigenvalue weighted by Crippen LogP contribution is 2.36. The number of aliphatic hydroxyl groups excluding tert-OH is 1. The van der Waals surface area contributed by atoms with Gasteiger partial charge in [0.25, 0.3) is 0 Å². The smallest absolute Gasteiger partial charge is 0.108 e. The highest BCUT2D eigenvalue weighted by atomic mass is 32.2. The van der Waals surface area contributed by atoms with Gasteiger partial charge in [-0.2, -0.15) is 17.0 Å². The van der Waals surface area contributed by atoms with Crippen LogP contribution < -0.4 is 5.32 Å². The molecule has 0 radical (unpaired) electrons. The maximum absolute atomic E-state index is 9.24. The van der Waals surface area contributed by atoms with Gasteiger partial charge in [-0.25, -0.2) is 0 Å². The Kier molecular flexibility index (Phi) is 4.91. The lowest BCUT2D eigenvalue weighted by atomic mass is 9.99. The van der Waals surface area contributed by atoms with Crippen molar-refractivity contribution < 1.29 is 5.11 Å². The Hall–Kier alpha value is -0.240. The van der Waals surface area contributed by atoms with E-state index in [0.29, 0.717) is 11.3 Å². The maximum Gasteiger partial charge on any atom is 0.108 e. The predicted octanol–water partition coefficient (Wildman–Crippen LogP) is 1.52. The second-order valence-corrected chi connectivity index (χ2v) is 5.86. The van der Waals surface area contributed by atoms with E-state index in [9.17, 15) is 5.26 Å². The minimum Gasteiger partial charge on any atom is -0.396 e. The van der Waals surface area contributed by atoms with Gasteiger partial charge >= 0.3 is 0 Å². The molecule has 2 unspecified atom stereocenters. The first-order valence-corrected chi connectivity index (χ1v) is 6.58. The third-order valence-electron chi connectivity index (χ3n) is 2.69. The van der Waals surface area contributed by atoms with Gasteiger partial charge in [0.2, 0.25) is 0 Å². The average molecular weight is 228 g/mol. The number of hydrogen-bond donors (Lipinski definition) is 2. The van der Waals surface area contributed by atoms with Crippen molar-refractivity contribution in [2.75, 3.05) is 12.4 Å². The van der Waals surface area contributed by atoms with E-state index in [2.05, 4.69) is 25.2 Å². The minimum absolute atomic E-state index is 0.234. The van der Waals surface area contributed by atoms with Crippen molar-refractivity contribution in [1.29, 1.82) is 5.26 Å². The fourth-order valence-corrected chi connectivity index (χ4v) is 3.30. The molecule has 0 spiro atoms. The van der Waals surface area contributed by atoms with Crippen molar-refractivity contribution in [2.45, 2.75) is 49.9 Å². The van der Waals surface area contributed by atoms with E-state index in [-0.39, 0.29) is 12.1 Å². The largest absolute Gasteiger partial charge is 0.396 e. The first-order chi connectivity index (χ1) is 7.12. The van der Waals surface area contributed by atoms with Crippen LogP contribution in [0.3, 0.4) is 0 Å². The number of nitriles is 1. The molecule has 2 atom stereocenters. The number of nitrogens with zero attached hydrogens (tertiary/aromatic N) is 1. The van der Waals surface area contributed by atoms with Gasteiger partial charge in [0.05, 0.1) is 12.7 Å². The van der Waals surface area contributed by atoms with Gasteiger partial charge in [-0.1, -0.05) is 0 Å². The summed E-state index contributed by atoms with van der Waals surface area (Å²) in [5.74, 6) is 0.786. The van der Waals surface area contributed by atoms with Gasteiger partial charge in [0, 0.05) is 17.0 Å². The van der Waals surface area contributed by atoms with Crippen LogP contribution in [-0.2, 0) is 0 Å². The third kappa shape index (κ3) is 3.67. The molecular weight excluding hydrogens is 208 g/mol. The van der Waals surface area contributed by atoms with Crippen LogP contribution in [0.5, 0.6) is 0 Å². The van der Waals surface area contributed by atoms with E-state index >= 15 is 0 Å². The number of nitrogens with one attached hydrogen (secondary N) is 1. The van der Waals surface area contributed by atoms with Gasteiger partial charge in [-0.3, -0.25) is 5.32 Å². The van der Waals surface area contributed by atoms with E-state index in [1.54, 1.807) is 11.8 Å². The van der Waals surface area contributed by atoms with Crippen molar-refractivity contribution in [3.05, 3.63) is 0 Å². The van der Waals surface area contributed by atoms with Crippen LogP contribution in [0.4, 0.5) is 0 Å². The lowest BCUT2D eigenvalue weighted by Gasteiger charge is -2.25. The Morgan fingerprint density at radius 1 is 1.67 bits per heavy atom. The Bertz CT molecular complexity index is 239. The van der Waals surface area contributed by atoms with E-state index < -0.39 is 0 Å². The fourth-order valence-electron chi connectivity index (χ4n) is 2.18. The zero-order chi connectivity index (χ0) is 11.3. The normalized spacial score (nSPS) is 30.7. The summed E-state index contributed by atoms with van der Waals surface area (Å²) in [6.07, 6.45) is 2.93. The van der Waals surface area contributed by atoms with Gasteiger partial charge in [-0.05, 0) is 33.1 Å². The molecule has 0 aliphatic heterocycles. The van der Waals surface area contributed by atoms with Crippen LogP contribution in [0.15, 0.2) is 0 Å². The first kappa shape index (κ1) is 12.8. The lowest BCUT2D eigenvalue weighted by molar-refractivity contribution is 0.322. The summed E-state index contributed by atoms with van der Waals surface area (Å²) < 4.78 is 0. The standard InChI is InChI=1S/C11H20N2OS/c1-9(2)13-11(8-12)4-3-10(7-11)15-6-5-14/h9-10,13-14H,3-7H2,1-2H3. The van der Waals surface area contributed by atoms with Gasteiger partial charge < -0.3 is 5.11 Å². The predicted molar refractivity (Wildman–Crippen MR) is 63.8 cm³/mol. The third-order valence-corrected chi connectivity index (χ3v) is 3.99. The summed E-state index contributed by atoms with van der Waals surface area (Å²) in [6.45, 7) is 4.39. The van der Waals surface area contributed by atoms with E-state index in [0.717, 1.165) is 25.0 Å². The summed E-state index contributed by atoms with van der Waals surface area (Å²) in [5, 5.41) is 21.9. The van der Waals surface area contributed by atoms with E-state index in [4.69, 9.17) is 5.11 Å². The Morgan fingerprint density at radius 2 is 2.40 bits per heavy atom. The molecule has 0 aromatic rings. The molecule has 0 aromatic heterocycles. The van der Waals surface area contributed by atoms with Gasteiger partial charge in [-0.15, -0.1) is 0 Å². The molecule has 15 heavy (non-hydrogen) atoms. The highest BCUT2D eigenvalue weighted by Gasteiger charge is 2.39. The molecule has 86 valence electrons. The van der Waals surface area contributed by atoms with Crippen molar-refractivity contribution in [3.63, 3.8) is 0 Å². The van der Waals surface area contributed by atoms with Crippen LogP contribution in [0.25, 0.3) is 0 Å². The second kappa shape index (κ2) is 5.74. The van der Waals surface area contributed by atoms with Crippen LogP contribution in [-0.4, -0.2) is 34.3 Å². The molecule has 4 heteroatoms. The highest BCUT2D eigenvalue weighted by molar-refractivity contribution is 7.99. The Morgan fingerprint density at radius 3 is 2.93 bits per heavy atom. The zero-order valence-electron chi connectivity index (χ0n) is 9.49. The topological polar surface area (TPSA) is 56.0 Å². The van der Waals surface area contributed by atoms with Crippen LogP contribution in [0.1, 0.15) is 33.1 Å². The van der Waals surface area contributed by atoms with Crippen molar-refractivity contribution >= 4 is 11.8 Å². The van der Waals surface area contributed by atoms with E-state index in [1.165, 1.54) is 0 Å². The molecule has 0 saturated heterocycles. The summed E-state index contributed by atoms with van der Waals surface area (Å²) >= 11 is 1.79. The summed E-state index contributed by atoms with van der Waals surface area (Å²) in [5.41, 5.74) is -0.318. The molecule has 1 aliphatic rings. The van der Waals surface area contributed by atoms with Gasteiger partial charge in [0.15, 0.2) is 0 Å². The summed E-state index contributed by atoms with van der Waals surface area (Å²) in [4.78, 5) is 0. The molecule has 3 nitrogen and oxygen atoms in total. The maximum atomic E-state index is 9.24. The van der Waals surface area contributed by atoms with Crippen molar-refractivity contribution in [1.82, 2.24) is 5.32 Å². The lowest BCUT2D eigenvalue weighted by Crippen LogP contribution is -2.45. The molecular formula is C11H20N2OS. The van der Waals surface area contributed by atoms with Gasteiger partial charge in [0.1, 0.15) is 5.54 Å². The second-order valence-electron chi connectivity index (χ2n) is 4.45. The van der Waals surface area contributed by atoms with Crippen LogP contribution in [0, 0.1) is 11.3 Å². The summed E-state index contributed by atoms with van der Waals surface area (Å²) in [7, 11) is 0. The quantitative estimate of drug-likeness (QED) is 0.749. The number of hydrogen-bond acceptors (Lipinski definition) is 4. The SMILES string of the molecule is CC(C)NC1(C#N)CCC(SCCO)C1. The average Bonchev–Trinajstić information content (AvgIpc) is 2.58. The molecule has 0 heterocycles. The number of aliphatic hydroxyl groups is 1. The molecule has 1 saturated carbocycles. The van der Waals surface area contributed by atoms with Crippen LogP contribution in [0.2, 0.25) is 0 Å². The monoisotopic (exact) mass is 228 g/mol. The van der Waals surface area contributed by atoms with Crippen LogP contribution >= 0.6 is 11.8 Å². The molecule has 0 aromatic carbocycles. The zero-order valence-corrected chi connectivity index (χ0v) is 10.3.